The van der Waals surface area contributed by atoms with E-state index in [2.05, 4.69) is 16.0 Å². The van der Waals surface area contributed by atoms with Gasteiger partial charge in [0.1, 0.15) is 6.10 Å². The number of aliphatic hydroxyl groups excluding tert-OH is 1. The van der Waals surface area contributed by atoms with E-state index in [1.54, 1.807) is 36.4 Å². The summed E-state index contributed by atoms with van der Waals surface area (Å²) in [4.78, 5) is 24.9. The molecule has 35 heavy (non-hydrogen) atoms. The summed E-state index contributed by atoms with van der Waals surface area (Å²) in [5.41, 5.74) is 1.42. The van der Waals surface area contributed by atoms with E-state index in [9.17, 15) is 14.7 Å². The van der Waals surface area contributed by atoms with Gasteiger partial charge in [0.2, 0.25) is 19.5 Å². The van der Waals surface area contributed by atoms with E-state index in [1.807, 2.05) is 12.1 Å². The van der Waals surface area contributed by atoms with Crippen molar-refractivity contribution in [3.05, 3.63) is 54.1 Å². The first-order valence-electron chi connectivity index (χ1n) is 11.1. The van der Waals surface area contributed by atoms with Crippen LogP contribution in [0.15, 0.2) is 48.6 Å². The fourth-order valence-electron chi connectivity index (χ4n) is 3.94. The molecule has 11 nitrogen and oxygen atoms in total. The van der Waals surface area contributed by atoms with Crippen LogP contribution in [0.1, 0.15) is 12.0 Å². The number of aliphatic hydroxyl groups is 1. The zero-order valence-corrected chi connectivity index (χ0v) is 18.7. The molecule has 0 spiro atoms. The third-order valence-corrected chi connectivity index (χ3v) is 5.70. The van der Waals surface area contributed by atoms with Gasteiger partial charge >= 0.3 is 6.03 Å². The Morgan fingerprint density at radius 1 is 0.914 bits per heavy atom. The molecule has 5 rings (SSSR count). The molecular weight excluding hydrogens is 458 g/mol. The number of benzene rings is 2. The molecule has 0 saturated heterocycles. The molecule has 3 atom stereocenters. The summed E-state index contributed by atoms with van der Waals surface area (Å²) >= 11 is 0. The first-order valence-corrected chi connectivity index (χ1v) is 11.1. The van der Waals surface area contributed by atoms with Crippen molar-refractivity contribution < 1.29 is 38.4 Å². The van der Waals surface area contributed by atoms with Crippen LogP contribution in [0.4, 0.5) is 10.5 Å². The molecule has 184 valence electrons. The largest absolute Gasteiger partial charge is 0.454 e. The molecule has 11 heteroatoms. The van der Waals surface area contributed by atoms with Crippen molar-refractivity contribution in [2.24, 2.45) is 0 Å². The third kappa shape index (κ3) is 5.42. The fourth-order valence-corrected chi connectivity index (χ4v) is 3.94. The summed E-state index contributed by atoms with van der Waals surface area (Å²) in [6, 6.07) is 9.52. The Morgan fingerprint density at radius 2 is 1.63 bits per heavy atom. The van der Waals surface area contributed by atoms with Gasteiger partial charge in [-0.1, -0.05) is 18.2 Å². The molecule has 2 aromatic rings. The molecule has 3 aliphatic rings. The van der Waals surface area contributed by atoms with E-state index in [0.29, 0.717) is 35.2 Å². The Labute approximate surface area is 200 Å². The number of hydrogen-bond donors (Lipinski definition) is 4. The van der Waals surface area contributed by atoms with Crippen molar-refractivity contribution in [2.75, 3.05) is 25.5 Å². The van der Waals surface area contributed by atoms with E-state index in [-0.39, 0.29) is 32.5 Å². The predicted molar refractivity (Wildman–Crippen MR) is 122 cm³/mol. The van der Waals surface area contributed by atoms with E-state index in [1.165, 1.54) is 0 Å². The topological polar surface area (TPSA) is 137 Å². The van der Waals surface area contributed by atoms with Crippen molar-refractivity contribution in [1.82, 2.24) is 10.6 Å². The number of carbonyl (C=O) groups excluding carboxylic acids is 2. The number of amides is 3. The smallest absolute Gasteiger partial charge is 0.319 e. The molecule has 0 aliphatic carbocycles. The molecule has 0 radical (unpaired) electrons. The van der Waals surface area contributed by atoms with Gasteiger partial charge < -0.3 is 44.7 Å². The van der Waals surface area contributed by atoms with Gasteiger partial charge in [-0.15, -0.1) is 0 Å². The normalized spacial score (nSPS) is 21.5. The number of anilines is 1. The first-order chi connectivity index (χ1) is 17.1. The molecule has 0 fully saturated rings. The number of rotatable bonds is 7. The van der Waals surface area contributed by atoms with Crippen LogP contribution in [-0.2, 0) is 16.1 Å². The van der Waals surface area contributed by atoms with Gasteiger partial charge in [0.25, 0.3) is 0 Å². The molecule has 0 aromatic heterocycles. The molecule has 3 amide bonds. The Bertz CT molecular complexity index is 1140. The summed E-state index contributed by atoms with van der Waals surface area (Å²) in [5, 5.41) is 18.1. The van der Waals surface area contributed by atoms with Gasteiger partial charge in [-0.05, 0) is 29.8 Å². The Balaban J connectivity index is 1.10. The van der Waals surface area contributed by atoms with Crippen LogP contribution in [0, 0.1) is 0 Å². The summed E-state index contributed by atoms with van der Waals surface area (Å²) < 4.78 is 27.0. The van der Waals surface area contributed by atoms with Crippen molar-refractivity contribution in [1.29, 1.82) is 0 Å². The molecule has 0 bridgehead atoms. The summed E-state index contributed by atoms with van der Waals surface area (Å²) in [7, 11) is 0. The lowest BCUT2D eigenvalue weighted by molar-refractivity contribution is -0.125. The average molecular weight is 483 g/mol. The maximum atomic E-state index is 12.4. The highest BCUT2D eigenvalue weighted by Crippen LogP contribution is 2.34. The minimum absolute atomic E-state index is 0.0770. The Hall–Kier alpha value is -3.96. The lowest BCUT2D eigenvalue weighted by Crippen LogP contribution is -2.50. The summed E-state index contributed by atoms with van der Waals surface area (Å²) in [6.45, 7) is 0.345. The van der Waals surface area contributed by atoms with Crippen molar-refractivity contribution in [3.8, 4) is 23.0 Å². The number of fused-ring (bicyclic) bond motifs is 2. The standard InChI is InChI=1S/C24H25N3O8/c28-11-22-17(27-24(30)26-15-2-6-19-21(8-15)34-13-32-19)4-3-16(35-22)9-23(29)25-10-14-1-5-18-20(7-14)33-12-31-18/h1-8,16-17,22,28H,9-13H2,(H,25,29)(H2,26,27,30)/t16-,17+,22+/m1/s1. The van der Waals surface area contributed by atoms with Crippen LogP contribution in [0.25, 0.3) is 0 Å². The van der Waals surface area contributed by atoms with Crippen molar-refractivity contribution in [2.45, 2.75) is 31.2 Å². The predicted octanol–water partition coefficient (Wildman–Crippen LogP) is 1.66. The third-order valence-electron chi connectivity index (χ3n) is 5.70. The summed E-state index contributed by atoms with van der Waals surface area (Å²) in [5.74, 6) is 2.30. The number of hydrogen-bond acceptors (Lipinski definition) is 8. The van der Waals surface area contributed by atoms with Gasteiger partial charge in [-0.2, -0.15) is 0 Å². The highest BCUT2D eigenvalue weighted by molar-refractivity contribution is 5.90. The quantitative estimate of drug-likeness (QED) is 0.437. The maximum absolute atomic E-state index is 12.4. The van der Waals surface area contributed by atoms with E-state index in [0.717, 1.165) is 5.56 Å². The monoisotopic (exact) mass is 483 g/mol. The molecular formula is C24H25N3O8. The van der Waals surface area contributed by atoms with E-state index < -0.39 is 24.3 Å². The second-order valence-corrected chi connectivity index (χ2v) is 8.14. The lowest BCUT2D eigenvalue weighted by atomic mass is 10.0. The van der Waals surface area contributed by atoms with E-state index in [4.69, 9.17) is 23.7 Å². The minimum Gasteiger partial charge on any atom is -0.454 e. The second kappa shape index (κ2) is 10.1. The number of carbonyl (C=O) groups is 2. The van der Waals surface area contributed by atoms with Crippen molar-refractivity contribution >= 4 is 17.6 Å². The molecule has 3 aliphatic heterocycles. The Morgan fingerprint density at radius 3 is 2.40 bits per heavy atom. The average Bonchev–Trinajstić information content (AvgIpc) is 3.52. The number of nitrogens with one attached hydrogen (secondary N) is 3. The van der Waals surface area contributed by atoms with Gasteiger partial charge in [-0.25, -0.2) is 4.79 Å². The second-order valence-electron chi connectivity index (χ2n) is 8.14. The lowest BCUT2D eigenvalue weighted by Gasteiger charge is -2.31. The van der Waals surface area contributed by atoms with Crippen LogP contribution in [0.5, 0.6) is 23.0 Å². The first kappa shape index (κ1) is 22.8. The molecule has 4 N–H and O–H groups in total. The highest BCUT2D eigenvalue weighted by Gasteiger charge is 2.29. The van der Waals surface area contributed by atoms with Crippen LogP contribution in [0.3, 0.4) is 0 Å². The van der Waals surface area contributed by atoms with E-state index >= 15 is 0 Å². The number of ether oxygens (including phenoxy) is 5. The molecule has 0 saturated carbocycles. The van der Waals surface area contributed by atoms with Gasteiger partial charge in [-0.3, -0.25) is 4.79 Å². The zero-order chi connectivity index (χ0) is 24.2. The van der Waals surface area contributed by atoms with Crippen LogP contribution >= 0.6 is 0 Å². The minimum atomic E-state index is -0.700. The van der Waals surface area contributed by atoms with Crippen LogP contribution in [0.2, 0.25) is 0 Å². The summed E-state index contributed by atoms with van der Waals surface area (Å²) in [6.07, 6.45) is 2.28. The fraction of sp³-hybridized carbons (Fsp3) is 0.333. The van der Waals surface area contributed by atoms with Crippen LogP contribution in [-0.4, -0.2) is 55.5 Å². The zero-order valence-electron chi connectivity index (χ0n) is 18.7. The molecule has 0 unspecified atom stereocenters. The maximum Gasteiger partial charge on any atom is 0.319 e. The van der Waals surface area contributed by atoms with Gasteiger partial charge in [0.05, 0.1) is 25.2 Å². The van der Waals surface area contributed by atoms with Gasteiger partial charge in [0, 0.05) is 18.3 Å². The van der Waals surface area contributed by atoms with Gasteiger partial charge in [0.15, 0.2) is 23.0 Å². The highest BCUT2D eigenvalue weighted by atomic mass is 16.7. The Kier molecular flexibility index (Phi) is 6.59. The number of urea groups is 1. The van der Waals surface area contributed by atoms with Crippen LogP contribution < -0.4 is 34.9 Å². The molecule has 2 aromatic carbocycles. The molecule has 3 heterocycles. The SMILES string of the molecule is O=C(C[C@H]1C=C[C@H](NC(=O)Nc2ccc3c(c2)OCO3)[C@H](CO)O1)NCc1ccc2c(c1)OCO2. The van der Waals surface area contributed by atoms with Crippen molar-refractivity contribution in [3.63, 3.8) is 0 Å².